The van der Waals surface area contributed by atoms with Crippen molar-refractivity contribution in [1.82, 2.24) is 5.32 Å². The lowest BCUT2D eigenvalue weighted by Crippen LogP contribution is -2.46. The van der Waals surface area contributed by atoms with Crippen molar-refractivity contribution in [1.29, 1.82) is 0 Å². The number of amides is 2. The maximum Gasteiger partial charge on any atom is 0.248 e. The van der Waals surface area contributed by atoms with Gasteiger partial charge in [-0.3, -0.25) is 14.5 Å². The van der Waals surface area contributed by atoms with E-state index in [4.69, 9.17) is 9.47 Å². The standard InChI is InChI=1S/C25H28N2O4S2/c1-30-20-12-11-18(15-21(20)31-2)27(23(28)16-19-9-5-13-32-19)24(22-10-6-14-33-22)25(29)26-17-7-3-4-8-17/h5-6,9-15,17,24H,3-4,7-8,16H2,1-2H3,(H,26,29)/t24-/m0/s1. The van der Waals surface area contributed by atoms with Crippen LogP contribution in [0.1, 0.15) is 41.5 Å². The van der Waals surface area contributed by atoms with Crippen LogP contribution < -0.4 is 19.7 Å². The van der Waals surface area contributed by atoms with E-state index in [0.29, 0.717) is 17.2 Å². The number of thiophene rings is 2. The zero-order valence-corrected chi connectivity index (χ0v) is 20.4. The van der Waals surface area contributed by atoms with E-state index >= 15 is 0 Å². The summed E-state index contributed by atoms with van der Waals surface area (Å²) in [6.07, 6.45) is 4.39. The molecule has 3 aromatic rings. The van der Waals surface area contributed by atoms with Crippen molar-refractivity contribution in [3.05, 3.63) is 63.0 Å². The van der Waals surface area contributed by atoms with Crippen LogP contribution in [0.25, 0.3) is 0 Å². The smallest absolute Gasteiger partial charge is 0.248 e. The van der Waals surface area contributed by atoms with Crippen molar-refractivity contribution in [2.75, 3.05) is 19.1 Å². The molecule has 1 aromatic carbocycles. The lowest BCUT2D eigenvalue weighted by Gasteiger charge is -2.32. The number of benzene rings is 1. The molecule has 8 heteroatoms. The highest BCUT2D eigenvalue weighted by molar-refractivity contribution is 7.10. The van der Waals surface area contributed by atoms with Crippen molar-refractivity contribution >= 4 is 40.2 Å². The van der Waals surface area contributed by atoms with Crippen LogP contribution in [0.3, 0.4) is 0 Å². The summed E-state index contributed by atoms with van der Waals surface area (Å²) >= 11 is 3.01. The lowest BCUT2D eigenvalue weighted by molar-refractivity contribution is -0.126. The van der Waals surface area contributed by atoms with E-state index in [9.17, 15) is 9.59 Å². The molecule has 1 N–H and O–H groups in total. The van der Waals surface area contributed by atoms with Crippen molar-refractivity contribution in [2.45, 2.75) is 44.2 Å². The topological polar surface area (TPSA) is 67.9 Å². The fraction of sp³-hybridized carbons (Fsp3) is 0.360. The Morgan fingerprint density at radius 2 is 1.76 bits per heavy atom. The maximum atomic E-state index is 13.7. The van der Waals surface area contributed by atoms with E-state index in [1.54, 1.807) is 37.3 Å². The van der Waals surface area contributed by atoms with Gasteiger partial charge in [0.25, 0.3) is 0 Å². The first-order valence-corrected chi connectivity index (χ1v) is 12.8. The first-order valence-electron chi connectivity index (χ1n) is 11.0. The third-order valence-electron chi connectivity index (χ3n) is 5.84. The van der Waals surface area contributed by atoms with Crippen molar-refractivity contribution in [3.63, 3.8) is 0 Å². The van der Waals surface area contributed by atoms with Crippen LogP contribution in [0.5, 0.6) is 11.5 Å². The van der Waals surface area contributed by atoms with Crippen LogP contribution in [-0.2, 0) is 16.0 Å². The molecule has 0 spiro atoms. The Labute approximate surface area is 202 Å². The fourth-order valence-corrected chi connectivity index (χ4v) is 5.74. The molecule has 4 rings (SSSR count). The second kappa shape index (κ2) is 10.9. The lowest BCUT2D eigenvalue weighted by atomic mass is 10.1. The SMILES string of the molecule is COc1ccc(N(C(=O)Cc2cccs2)[C@H](C(=O)NC2CCCC2)c2cccs2)cc1OC. The number of carbonyl (C=O) groups is 2. The molecule has 0 radical (unpaired) electrons. The predicted octanol–water partition coefficient (Wildman–Crippen LogP) is 5.20. The summed E-state index contributed by atoms with van der Waals surface area (Å²) < 4.78 is 10.9. The molecule has 2 amide bonds. The van der Waals surface area contributed by atoms with E-state index in [-0.39, 0.29) is 24.3 Å². The summed E-state index contributed by atoms with van der Waals surface area (Å²) in [6.45, 7) is 0. The van der Waals surface area contributed by atoms with Crippen LogP contribution >= 0.6 is 22.7 Å². The quantitative estimate of drug-likeness (QED) is 0.453. The molecule has 1 aliphatic rings. The second-order valence-corrected chi connectivity index (χ2v) is 9.98. The van der Waals surface area contributed by atoms with Crippen LogP contribution in [-0.4, -0.2) is 32.1 Å². The number of rotatable bonds is 9. The number of hydrogen-bond donors (Lipinski definition) is 1. The van der Waals surface area contributed by atoms with Gasteiger partial charge in [-0.15, -0.1) is 22.7 Å². The largest absolute Gasteiger partial charge is 0.493 e. The van der Waals surface area contributed by atoms with Gasteiger partial charge >= 0.3 is 0 Å². The summed E-state index contributed by atoms with van der Waals surface area (Å²) in [7, 11) is 3.13. The Hall–Kier alpha value is -2.84. The molecule has 0 bridgehead atoms. The van der Waals surface area contributed by atoms with Crippen LogP contribution in [0.2, 0.25) is 0 Å². The second-order valence-electron chi connectivity index (χ2n) is 7.97. The summed E-state index contributed by atoms with van der Waals surface area (Å²) in [5.74, 6) is 0.767. The van der Waals surface area contributed by atoms with Crippen LogP contribution in [0.15, 0.2) is 53.2 Å². The van der Waals surface area contributed by atoms with E-state index in [2.05, 4.69) is 5.32 Å². The highest BCUT2D eigenvalue weighted by Gasteiger charge is 2.35. The molecule has 1 fully saturated rings. The number of methoxy groups -OCH3 is 2. The third kappa shape index (κ3) is 5.39. The number of hydrogen-bond acceptors (Lipinski definition) is 6. The zero-order chi connectivity index (χ0) is 23.2. The van der Waals surface area contributed by atoms with Gasteiger partial charge in [-0.1, -0.05) is 25.0 Å². The predicted molar refractivity (Wildman–Crippen MR) is 133 cm³/mol. The number of nitrogens with zero attached hydrogens (tertiary/aromatic N) is 1. The molecule has 174 valence electrons. The molecule has 1 aliphatic carbocycles. The van der Waals surface area contributed by atoms with E-state index < -0.39 is 6.04 Å². The maximum absolute atomic E-state index is 13.7. The summed E-state index contributed by atoms with van der Waals surface area (Å²) in [5, 5.41) is 7.09. The van der Waals surface area contributed by atoms with Gasteiger partial charge in [0.1, 0.15) is 6.04 Å². The minimum absolute atomic E-state index is 0.148. The van der Waals surface area contributed by atoms with Gasteiger partial charge in [0.2, 0.25) is 11.8 Å². The fourth-order valence-electron chi connectivity index (χ4n) is 4.23. The first-order chi connectivity index (χ1) is 16.1. The van der Waals surface area contributed by atoms with Gasteiger partial charge in [0.05, 0.1) is 20.6 Å². The molecule has 0 unspecified atom stereocenters. The van der Waals surface area contributed by atoms with Gasteiger partial charge in [0.15, 0.2) is 11.5 Å². The zero-order valence-electron chi connectivity index (χ0n) is 18.8. The number of anilines is 1. The van der Waals surface area contributed by atoms with E-state index in [1.807, 2.05) is 35.0 Å². The number of nitrogens with one attached hydrogen (secondary N) is 1. The van der Waals surface area contributed by atoms with Crippen LogP contribution in [0, 0.1) is 0 Å². The van der Waals surface area contributed by atoms with Crippen LogP contribution in [0.4, 0.5) is 5.69 Å². The highest BCUT2D eigenvalue weighted by atomic mass is 32.1. The molecule has 33 heavy (non-hydrogen) atoms. The number of ether oxygens (including phenoxy) is 2. The van der Waals surface area contributed by atoms with Crippen molar-refractivity contribution in [2.24, 2.45) is 0 Å². The molecule has 0 aliphatic heterocycles. The highest BCUT2D eigenvalue weighted by Crippen LogP contribution is 2.37. The molecule has 2 heterocycles. The minimum Gasteiger partial charge on any atom is -0.493 e. The molecular weight excluding hydrogens is 456 g/mol. The van der Waals surface area contributed by atoms with E-state index in [1.165, 1.54) is 22.7 Å². The monoisotopic (exact) mass is 484 g/mol. The Kier molecular flexibility index (Phi) is 7.67. The molecule has 2 aromatic heterocycles. The van der Waals surface area contributed by atoms with Crippen molar-refractivity contribution < 1.29 is 19.1 Å². The van der Waals surface area contributed by atoms with Crippen molar-refractivity contribution in [3.8, 4) is 11.5 Å². The van der Waals surface area contributed by atoms with Gasteiger partial charge < -0.3 is 14.8 Å². The summed E-state index contributed by atoms with van der Waals surface area (Å²) in [6, 6.07) is 12.4. The molecule has 0 saturated heterocycles. The number of carbonyl (C=O) groups excluding carboxylic acids is 2. The Morgan fingerprint density at radius 1 is 1.03 bits per heavy atom. The summed E-state index contributed by atoms with van der Waals surface area (Å²) in [5.41, 5.74) is 0.592. The normalized spacial score (nSPS) is 14.6. The molecule has 1 saturated carbocycles. The molecule has 6 nitrogen and oxygen atoms in total. The van der Waals surface area contributed by atoms with Gasteiger partial charge in [-0.25, -0.2) is 0 Å². The van der Waals surface area contributed by atoms with E-state index in [0.717, 1.165) is 35.4 Å². The Morgan fingerprint density at radius 3 is 2.39 bits per heavy atom. The molecule has 1 atom stereocenters. The Balaban J connectivity index is 1.75. The average molecular weight is 485 g/mol. The first kappa shape index (κ1) is 23.3. The third-order valence-corrected chi connectivity index (χ3v) is 7.64. The Bertz CT molecular complexity index is 1060. The molecular formula is C25H28N2O4S2. The van der Waals surface area contributed by atoms with Gasteiger partial charge in [0, 0.05) is 27.5 Å². The average Bonchev–Trinajstić information content (AvgIpc) is 3.61. The van der Waals surface area contributed by atoms with Gasteiger partial charge in [-0.2, -0.15) is 0 Å². The van der Waals surface area contributed by atoms with Gasteiger partial charge in [-0.05, 0) is 47.9 Å². The summed E-state index contributed by atoms with van der Waals surface area (Å²) in [4.78, 5) is 30.8. The minimum atomic E-state index is -0.767.